The molecular formula is C17H29N3S. The number of fused-ring (bicyclic) bond motifs is 2. The maximum Gasteiger partial charge on any atom is 0.0797 e. The molecule has 4 aliphatic heterocycles. The normalized spacial score (nSPS) is 43.4. The average Bonchev–Trinajstić information content (AvgIpc) is 2.49. The van der Waals surface area contributed by atoms with Crippen molar-refractivity contribution in [2.75, 3.05) is 26.2 Å². The minimum absolute atomic E-state index is 0.624. The van der Waals surface area contributed by atoms with E-state index < -0.39 is 0 Å². The van der Waals surface area contributed by atoms with Crippen molar-refractivity contribution in [1.29, 1.82) is 0 Å². The fourth-order valence-corrected chi connectivity index (χ4v) is 6.14. The Hall–Kier alpha value is -0.190. The number of nitrogens with one attached hydrogen (secondary N) is 1. The van der Waals surface area contributed by atoms with E-state index in [-0.39, 0.29) is 0 Å². The summed E-state index contributed by atoms with van der Waals surface area (Å²) < 4.78 is 0. The summed E-state index contributed by atoms with van der Waals surface area (Å²) in [5, 5.41) is 3.67. The van der Waals surface area contributed by atoms with E-state index in [0.29, 0.717) is 6.04 Å². The number of piperidine rings is 4. The highest BCUT2D eigenvalue weighted by atomic mass is 32.1. The number of nitrogens with zero attached hydrogens (tertiary/aromatic N) is 2. The van der Waals surface area contributed by atoms with Crippen LogP contribution in [0, 0.1) is 11.8 Å². The Morgan fingerprint density at radius 3 is 2.86 bits per heavy atom. The van der Waals surface area contributed by atoms with Gasteiger partial charge in [0.05, 0.1) is 4.99 Å². The summed E-state index contributed by atoms with van der Waals surface area (Å²) in [6.45, 7) is 7.25. The summed E-state index contributed by atoms with van der Waals surface area (Å²) >= 11 is 5.81. The van der Waals surface area contributed by atoms with E-state index in [0.717, 1.165) is 36.9 Å². The Labute approximate surface area is 134 Å². The first kappa shape index (κ1) is 14.4. The molecule has 1 N–H and O–H groups in total. The zero-order chi connectivity index (χ0) is 14.4. The molecule has 0 amide bonds. The van der Waals surface area contributed by atoms with Crippen LogP contribution in [0.5, 0.6) is 0 Å². The Balaban J connectivity index is 1.59. The van der Waals surface area contributed by atoms with E-state index >= 15 is 0 Å². The second kappa shape index (κ2) is 5.78. The molecule has 0 aliphatic carbocycles. The van der Waals surface area contributed by atoms with Crippen molar-refractivity contribution in [2.24, 2.45) is 11.8 Å². The molecule has 0 unspecified atom stereocenters. The summed E-state index contributed by atoms with van der Waals surface area (Å²) in [5.74, 6) is 1.76. The van der Waals surface area contributed by atoms with Crippen LogP contribution in [-0.2, 0) is 0 Å². The fourth-order valence-electron chi connectivity index (χ4n) is 5.73. The van der Waals surface area contributed by atoms with Crippen LogP contribution in [0.25, 0.3) is 0 Å². The standard InChI is InChI=1S/C17H29N3S/c1-2-18-13-9-15-14-6-4-8-19-7-3-5-12(17(14)19)11-20(15)16(21)10-13/h12-15,17-18H,2-11H2,1H3/t12-,13-,14+,15+,17-/m0/s1. The SMILES string of the molecule is CCN[C@@H]1CC(=S)N2C[C@@H]3CCCN4CCC[C@@H]([C@H]34)[C@H]2C1. The van der Waals surface area contributed by atoms with E-state index in [1.807, 2.05) is 0 Å². The average molecular weight is 308 g/mol. The summed E-state index contributed by atoms with van der Waals surface area (Å²) in [6, 6.07) is 2.22. The zero-order valence-electron chi connectivity index (χ0n) is 13.3. The maximum atomic E-state index is 5.81. The molecule has 0 radical (unpaired) electrons. The van der Waals surface area contributed by atoms with E-state index in [4.69, 9.17) is 12.2 Å². The molecule has 0 bridgehead atoms. The van der Waals surface area contributed by atoms with Crippen LogP contribution < -0.4 is 5.32 Å². The number of rotatable bonds is 2. The minimum atomic E-state index is 0.624. The van der Waals surface area contributed by atoms with Crippen molar-refractivity contribution < 1.29 is 0 Å². The third-order valence-corrected chi connectivity index (χ3v) is 6.83. The van der Waals surface area contributed by atoms with Crippen LogP contribution in [0.15, 0.2) is 0 Å². The van der Waals surface area contributed by atoms with E-state index in [1.165, 1.54) is 56.7 Å². The molecule has 4 fully saturated rings. The summed E-state index contributed by atoms with van der Waals surface area (Å²) in [7, 11) is 0. The van der Waals surface area contributed by atoms with Crippen molar-refractivity contribution >= 4 is 17.2 Å². The Kier molecular flexibility index (Phi) is 3.97. The van der Waals surface area contributed by atoms with Gasteiger partial charge < -0.3 is 10.2 Å². The van der Waals surface area contributed by atoms with Crippen molar-refractivity contribution in [2.45, 2.75) is 63.6 Å². The lowest BCUT2D eigenvalue weighted by Gasteiger charge is -2.60. The number of hydrogen-bond donors (Lipinski definition) is 1. The van der Waals surface area contributed by atoms with Gasteiger partial charge in [-0.3, -0.25) is 4.90 Å². The lowest BCUT2D eigenvalue weighted by atomic mass is 9.67. The van der Waals surface area contributed by atoms with Crippen LogP contribution in [0.3, 0.4) is 0 Å². The first-order valence-corrected chi connectivity index (χ1v) is 9.45. The van der Waals surface area contributed by atoms with Gasteiger partial charge in [-0.15, -0.1) is 0 Å². The Bertz CT molecular complexity index is 411. The molecule has 0 saturated carbocycles. The van der Waals surface area contributed by atoms with Gasteiger partial charge in [-0.1, -0.05) is 19.1 Å². The highest BCUT2D eigenvalue weighted by Crippen LogP contribution is 2.44. The zero-order valence-corrected chi connectivity index (χ0v) is 14.1. The third-order valence-electron chi connectivity index (χ3n) is 6.43. The van der Waals surface area contributed by atoms with Gasteiger partial charge in [0, 0.05) is 31.1 Å². The van der Waals surface area contributed by atoms with Crippen molar-refractivity contribution in [3.8, 4) is 0 Å². The highest BCUT2D eigenvalue weighted by Gasteiger charge is 2.50. The molecule has 0 aromatic heterocycles. The molecule has 4 saturated heterocycles. The van der Waals surface area contributed by atoms with Crippen molar-refractivity contribution in [1.82, 2.24) is 15.1 Å². The van der Waals surface area contributed by atoms with Gasteiger partial charge in [-0.25, -0.2) is 0 Å². The molecule has 4 heteroatoms. The van der Waals surface area contributed by atoms with E-state index in [9.17, 15) is 0 Å². The van der Waals surface area contributed by atoms with Crippen molar-refractivity contribution in [3.63, 3.8) is 0 Å². The monoisotopic (exact) mass is 307 g/mol. The lowest BCUT2D eigenvalue weighted by molar-refractivity contribution is -0.0619. The van der Waals surface area contributed by atoms with Crippen LogP contribution in [0.4, 0.5) is 0 Å². The molecule has 4 heterocycles. The van der Waals surface area contributed by atoms with Crippen LogP contribution >= 0.6 is 12.2 Å². The van der Waals surface area contributed by atoms with Gasteiger partial charge in [0.2, 0.25) is 0 Å². The minimum Gasteiger partial charge on any atom is -0.362 e. The first-order valence-electron chi connectivity index (χ1n) is 9.05. The predicted octanol–water partition coefficient (Wildman–Crippen LogP) is 2.26. The van der Waals surface area contributed by atoms with Crippen LogP contribution in [0.2, 0.25) is 0 Å². The summed E-state index contributed by atoms with van der Waals surface area (Å²) in [5.41, 5.74) is 0. The van der Waals surface area contributed by atoms with Crippen molar-refractivity contribution in [3.05, 3.63) is 0 Å². The first-order chi connectivity index (χ1) is 10.3. The van der Waals surface area contributed by atoms with Gasteiger partial charge in [-0.2, -0.15) is 0 Å². The Morgan fingerprint density at radius 2 is 2.05 bits per heavy atom. The second-order valence-electron chi connectivity index (χ2n) is 7.54. The summed E-state index contributed by atoms with van der Waals surface area (Å²) in [6.07, 6.45) is 8.07. The van der Waals surface area contributed by atoms with Gasteiger partial charge >= 0.3 is 0 Å². The number of thiocarbonyl (C=S) groups is 1. The van der Waals surface area contributed by atoms with Gasteiger partial charge in [0.25, 0.3) is 0 Å². The molecule has 0 aromatic rings. The van der Waals surface area contributed by atoms with Gasteiger partial charge in [0.1, 0.15) is 0 Å². The molecule has 4 rings (SSSR count). The molecule has 5 atom stereocenters. The maximum absolute atomic E-state index is 5.81. The molecule has 4 aliphatic rings. The third kappa shape index (κ3) is 2.43. The predicted molar refractivity (Wildman–Crippen MR) is 90.6 cm³/mol. The molecule has 0 aromatic carbocycles. The second-order valence-corrected chi connectivity index (χ2v) is 8.01. The largest absolute Gasteiger partial charge is 0.362 e. The van der Waals surface area contributed by atoms with Crippen LogP contribution in [-0.4, -0.2) is 59.1 Å². The lowest BCUT2D eigenvalue weighted by Crippen LogP contribution is -2.68. The van der Waals surface area contributed by atoms with Crippen LogP contribution in [0.1, 0.15) is 45.4 Å². The Morgan fingerprint density at radius 1 is 1.24 bits per heavy atom. The molecule has 21 heavy (non-hydrogen) atoms. The molecular weight excluding hydrogens is 278 g/mol. The molecule has 3 nitrogen and oxygen atoms in total. The molecule has 118 valence electrons. The summed E-state index contributed by atoms with van der Waals surface area (Å²) in [4.78, 5) is 6.74. The smallest absolute Gasteiger partial charge is 0.0797 e. The van der Waals surface area contributed by atoms with Gasteiger partial charge in [-0.05, 0) is 63.6 Å². The quantitative estimate of drug-likeness (QED) is 0.789. The van der Waals surface area contributed by atoms with E-state index in [2.05, 4.69) is 22.0 Å². The van der Waals surface area contributed by atoms with E-state index in [1.54, 1.807) is 0 Å². The fraction of sp³-hybridized carbons (Fsp3) is 0.941. The molecule has 0 spiro atoms. The number of hydrogen-bond acceptors (Lipinski definition) is 3. The topological polar surface area (TPSA) is 18.5 Å². The van der Waals surface area contributed by atoms with Gasteiger partial charge in [0.15, 0.2) is 0 Å². The highest BCUT2D eigenvalue weighted by molar-refractivity contribution is 7.80.